The molecule has 6 nitrogen and oxygen atoms in total. The van der Waals surface area contributed by atoms with Gasteiger partial charge in [0.1, 0.15) is 0 Å². The molecule has 1 heterocycles. The van der Waals surface area contributed by atoms with Crippen molar-refractivity contribution in [3.8, 4) is 17.2 Å². The molecule has 0 atom stereocenters. The number of aromatic nitrogens is 1. The van der Waals surface area contributed by atoms with E-state index in [4.69, 9.17) is 5.14 Å². The molecule has 0 aliphatic carbocycles. The molecule has 0 aliphatic heterocycles. The van der Waals surface area contributed by atoms with E-state index < -0.39 is 10.2 Å². The maximum Gasteiger partial charge on any atom is 0.274 e. The molecule has 25 heavy (non-hydrogen) atoms. The Labute approximate surface area is 146 Å². The third-order valence-corrected chi connectivity index (χ3v) is 4.55. The van der Waals surface area contributed by atoms with Crippen LogP contribution in [0.25, 0.3) is 21.9 Å². The normalized spacial score (nSPS) is 11.4. The van der Waals surface area contributed by atoms with Gasteiger partial charge >= 0.3 is 0 Å². The van der Waals surface area contributed by atoms with Crippen molar-refractivity contribution >= 4 is 21.0 Å². The van der Waals surface area contributed by atoms with E-state index in [9.17, 15) is 13.7 Å². The molecule has 3 aromatic rings. The van der Waals surface area contributed by atoms with Crippen LogP contribution in [-0.2, 0) is 16.6 Å². The van der Waals surface area contributed by atoms with Gasteiger partial charge < -0.3 is 0 Å². The van der Waals surface area contributed by atoms with Crippen LogP contribution in [0.15, 0.2) is 54.9 Å². The van der Waals surface area contributed by atoms with E-state index >= 15 is 0 Å². The third kappa shape index (κ3) is 3.83. The number of hydrogen-bond donors (Lipinski definition) is 2. The Bertz CT molecular complexity index is 1070. The van der Waals surface area contributed by atoms with E-state index in [1.807, 2.05) is 36.4 Å². The van der Waals surface area contributed by atoms with Crippen molar-refractivity contribution in [2.75, 3.05) is 6.54 Å². The lowest BCUT2D eigenvalue weighted by atomic mass is 9.93. The molecule has 3 N–H and O–H groups in total. The van der Waals surface area contributed by atoms with Crippen molar-refractivity contribution in [3.05, 3.63) is 66.0 Å². The van der Waals surface area contributed by atoms with Crippen LogP contribution in [0, 0.1) is 11.3 Å². The molecule has 0 fully saturated rings. The maximum absolute atomic E-state index is 11.0. The fourth-order valence-corrected chi connectivity index (χ4v) is 3.23. The summed E-state index contributed by atoms with van der Waals surface area (Å²) in [4.78, 5) is 4.20. The summed E-state index contributed by atoms with van der Waals surface area (Å²) < 4.78 is 24.4. The summed E-state index contributed by atoms with van der Waals surface area (Å²) in [7, 11) is -3.72. The summed E-state index contributed by atoms with van der Waals surface area (Å²) in [6, 6.07) is 15.4. The van der Waals surface area contributed by atoms with Gasteiger partial charge in [0, 0.05) is 29.9 Å². The van der Waals surface area contributed by atoms with Crippen molar-refractivity contribution < 1.29 is 8.42 Å². The number of nitriles is 1. The molecule has 2 aromatic carbocycles. The average Bonchev–Trinajstić information content (AvgIpc) is 2.60. The van der Waals surface area contributed by atoms with Crippen LogP contribution in [0.5, 0.6) is 0 Å². The first kappa shape index (κ1) is 17.0. The smallest absolute Gasteiger partial charge is 0.264 e. The van der Waals surface area contributed by atoms with Gasteiger partial charge in [0.05, 0.1) is 11.6 Å². The van der Waals surface area contributed by atoms with Crippen LogP contribution in [0.3, 0.4) is 0 Å². The molecule has 7 heteroatoms. The van der Waals surface area contributed by atoms with E-state index in [2.05, 4.69) is 15.8 Å². The van der Waals surface area contributed by atoms with Gasteiger partial charge in [-0.3, -0.25) is 4.98 Å². The average molecular weight is 352 g/mol. The maximum atomic E-state index is 11.0. The summed E-state index contributed by atoms with van der Waals surface area (Å²) in [5.41, 5.74) is 3.41. The van der Waals surface area contributed by atoms with Gasteiger partial charge in [-0.2, -0.15) is 13.7 Å². The topological polar surface area (TPSA) is 109 Å². The molecule has 3 rings (SSSR count). The highest BCUT2D eigenvalue weighted by atomic mass is 32.2. The molecule has 0 unspecified atom stereocenters. The van der Waals surface area contributed by atoms with Gasteiger partial charge in [0.2, 0.25) is 0 Å². The molecule has 0 saturated heterocycles. The number of hydrogen-bond acceptors (Lipinski definition) is 4. The summed E-state index contributed by atoms with van der Waals surface area (Å²) >= 11 is 0. The first-order chi connectivity index (χ1) is 12.0. The monoisotopic (exact) mass is 352 g/mol. The Hall–Kier alpha value is -2.79. The largest absolute Gasteiger partial charge is 0.274 e. The number of pyridine rings is 1. The first-order valence-electron chi connectivity index (χ1n) is 7.62. The van der Waals surface area contributed by atoms with Crippen LogP contribution in [0.4, 0.5) is 0 Å². The molecule has 126 valence electrons. The minimum atomic E-state index is -3.72. The summed E-state index contributed by atoms with van der Waals surface area (Å²) in [5.74, 6) is 0. The minimum absolute atomic E-state index is 0.198. The summed E-state index contributed by atoms with van der Waals surface area (Å²) in [6.45, 7) is 0.198. The predicted octanol–water partition coefficient (Wildman–Crippen LogP) is 2.11. The Morgan fingerprint density at radius 3 is 2.56 bits per heavy atom. The van der Waals surface area contributed by atoms with Crippen molar-refractivity contribution in [2.45, 2.75) is 6.42 Å². The molecular weight excluding hydrogens is 336 g/mol. The lowest BCUT2D eigenvalue weighted by Gasteiger charge is -2.12. The summed E-state index contributed by atoms with van der Waals surface area (Å²) in [5, 5.41) is 16.1. The molecule has 0 saturated carbocycles. The van der Waals surface area contributed by atoms with Crippen LogP contribution in [0.1, 0.15) is 11.1 Å². The molecule has 0 spiro atoms. The number of benzene rings is 2. The predicted molar refractivity (Wildman–Crippen MR) is 96.7 cm³/mol. The second kappa shape index (κ2) is 6.99. The van der Waals surface area contributed by atoms with Crippen molar-refractivity contribution in [1.82, 2.24) is 9.71 Å². The molecule has 1 aromatic heterocycles. The van der Waals surface area contributed by atoms with Gasteiger partial charge in [0.15, 0.2) is 0 Å². The first-order valence-corrected chi connectivity index (χ1v) is 9.17. The summed E-state index contributed by atoms with van der Waals surface area (Å²) in [6.07, 6.45) is 3.89. The van der Waals surface area contributed by atoms with E-state index in [0.717, 1.165) is 27.5 Å². The lowest BCUT2D eigenvalue weighted by molar-refractivity contribution is 0.583. The number of nitrogens with zero attached hydrogens (tertiary/aromatic N) is 2. The fraction of sp³-hybridized carbons (Fsp3) is 0.111. The second-order valence-electron chi connectivity index (χ2n) is 5.54. The SMILES string of the molecule is N#Cc1ccc(-c2cnccc2CCNS(N)(=O)=O)c2ccccc12. The number of rotatable bonds is 5. The standard InChI is InChI=1S/C18H16N4O2S/c19-11-14-5-6-17(16-4-2-1-3-15(14)16)18-12-21-9-7-13(18)8-10-22-25(20,23)24/h1-7,9,12,22H,8,10H2,(H2,20,23,24). The molecule has 0 bridgehead atoms. The lowest BCUT2D eigenvalue weighted by Crippen LogP contribution is -2.32. The van der Waals surface area contributed by atoms with Gasteiger partial charge in [-0.05, 0) is 35.1 Å². The zero-order valence-corrected chi connectivity index (χ0v) is 14.1. The number of fused-ring (bicyclic) bond motifs is 1. The van der Waals surface area contributed by atoms with Gasteiger partial charge in [-0.25, -0.2) is 9.86 Å². The number of nitrogens with one attached hydrogen (secondary N) is 1. The van der Waals surface area contributed by atoms with Gasteiger partial charge in [-0.1, -0.05) is 30.3 Å². The minimum Gasteiger partial charge on any atom is -0.264 e. The Kier molecular flexibility index (Phi) is 4.76. The Balaban J connectivity index is 2.06. The van der Waals surface area contributed by atoms with E-state index in [0.29, 0.717) is 12.0 Å². The van der Waals surface area contributed by atoms with Crippen LogP contribution < -0.4 is 9.86 Å². The molecule has 0 amide bonds. The van der Waals surface area contributed by atoms with Crippen molar-refractivity contribution in [2.24, 2.45) is 5.14 Å². The highest BCUT2D eigenvalue weighted by molar-refractivity contribution is 7.87. The van der Waals surface area contributed by atoms with Gasteiger partial charge in [-0.15, -0.1) is 0 Å². The molecule has 0 aliphatic rings. The Morgan fingerprint density at radius 2 is 1.84 bits per heavy atom. The second-order valence-corrected chi connectivity index (χ2v) is 6.92. The zero-order chi connectivity index (χ0) is 17.9. The van der Waals surface area contributed by atoms with Gasteiger partial charge in [0.25, 0.3) is 10.2 Å². The van der Waals surface area contributed by atoms with Crippen molar-refractivity contribution in [1.29, 1.82) is 5.26 Å². The van der Waals surface area contributed by atoms with Crippen molar-refractivity contribution in [3.63, 3.8) is 0 Å². The zero-order valence-electron chi connectivity index (χ0n) is 13.3. The molecular formula is C18H16N4O2S. The van der Waals surface area contributed by atoms with E-state index in [-0.39, 0.29) is 6.54 Å². The Morgan fingerprint density at radius 1 is 1.08 bits per heavy atom. The highest BCUT2D eigenvalue weighted by Crippen LogP contribution is 2.32. The van der Waals surface area contributed by atoms with Crippen LogP contribution in [-0.4, -0.2) is 19.9 Å². The number of nitrogens with two attached hydrogens (primary N) is 1. The third-order valence-electron chi connectivity index (χ3n) is 3.94. The van der Waals surface area contributed by atoms with Crippen LogP contribution in [0.2, 0.25) is 0 Å². The quantitative estimate of drug-likeness (QED) is 0.733. The van der Waals surface area contributed by atoms with E-state index in [1.54, 1.807) is 18.5 Å². The van der Waals surface area contributed by atoms with Crippen LogP contribution >= 0.6 is 0 Å². The highest BCUT2D eigenvalue weighted by Gasteiger charge is 2.11. The molecule has 0 radical (unpaired) electrons. The fourth-order valence-electron chi connectivity index (χ4n) is 2.84. The van der Waals surface area contributed by atoms with E-state index in [1.165, 1.54) is 0 Å².